The maximum absolute atomic E-state index is 9.69. The average molecular weight is 695 g/mol. The van der Waals surface area contributed by atoms with E-state index in [1.165, 1.54) is 0 Å². The minimum absolute atomic E-state index is 0. The molecule has 0 atom stereocenters. The molecule has 0 fully saturated rings. The molecule has 0 aliphatic heterocycles. The molecule has 0 aliphatic carbocycles. The number of pyridine rings is 2. The van der Waals surface area contributed by atoms with Gasteiger partial charge in [0.1, 0.15) is 5.69 Å². The molecule has 6 rings (SSSR count). The summed E-state index contributed by atoms with van der Waals surface area (Å²) < 4.78 is 3.91. The number of rotatable bonds is 4. The Bertz CT molecular complexity index is 2030. The fraction of sp³-hybridized carbons (Fsp3) is 0.282. The summed E-state index contributed by atoms with van der Waals surface area (Å²) in [5.74, 6) is 1.50. The first kappa shape index (κ1) is 32.8. The van der Waals surface area contributed by atoms with E-state index < -0.39 is 5.41 Å². The first-order valence-electron chi connectivity index (χ1n) is 15.1. The SMILES string of the molecule is [C-]#[N+]c1cccc2c1c[c-]n2-c1cc(C(C)(C)C)cc(C(C)(C)c2cc(C(C)(C)C)cc(-n3[c-]cc4c(C#N)cccc43)n2)n1.[Pd+2]. The van der Waals surface area contributed by atoms with E-state index in [4.69, 9.17) is 16.5 Å². The molecule has 0 N–H and O–H groups in total. The van der Waals surface area contributed by atoms with Gasteiger partial charge in [-0.05, 0) is 47.9 Å². The van der Waals surface area contributed by atoms with Gasteiger partial charge in [-0.15, -0.1) is 17.5 Å². The molecule has 4 heterocycles. The first-order valence-corrected chi connectivity index (χ1v) is 15.1. The van der Waals surface area contributed by atoms with Gasteiger partial charge in [0.25, 0.3) is 0 Å². The Morgan fingerprint density at radius 1 is 0.717 bits per heavy atom. The molecule has 6 nitrogen and oxygen atoms in total. The summed E-state index contributed by atoms with van der Waals surface area (Å²) in [7, 11) is 0. The molecule has 46 heavy (non-hydrogen) atoms. The molecule has 0 saturated carbocycles. The van der Waals surface area contributed by atoms with E-state index in [1.54, 1.807) is 0 Å². The molecular weight excluding hydrogens is 659 g/mol. The molecule has 232 valence electrons. The van der Waals surface area contributed by atoms with Crippen LogP contribution in [0.15, 0.2) is 72.8 Å². The van der Waals surface area contributed by atoms with Crippen LogP contribution in [0, 0.1) is 30.3 Å². The van der Waals surface area contributed by atoms with E-state index in [2.05, 4.69) is 103 Å². The minimum atomic E-state index is -0.586. The van der Waals surface area contributed by atoms with Gasteiger partial charge in [-0.2, -0.15) is 5.26 Å². The zero-order chi connectivity index (χ0) is 32.3. The van der Waals surface area contributed by atoms with Crippen LogP contribution in [-0.4, -0.2) is 19.1 Å². The molecule has 0 saturated heterocycles. The summed E-state index contributed by atoms with van der Waals surface area (Å²) in [6, 6.07) is 26.1. The molecule has 2 aromatic carbocycles. The Hall–Kier alpha value is -4.54. The zero-order valence-electron chi connectivity index (χ0n) is 27.4. The standard InChI is InChI=1S/C39H36N6.Pd/c1-37(2,3)26-20-33(42-35(22-26)44-18-16-28-25(24-40)12-10-14-31(28)44)39(7,8)34-21-27(38(4,5)6)23-36(43-34)45-19-17-29-30(41-9)13-11-15-32(29)45;/h10-17,20-23H,1-8H3;/q-2;+2. The van der Waals surface area contributed by atoms with Gasteiger partial charge in [0.05, 0.1) is 24.3 Å². The predicted molar refractivity (Wildman–Crippen MR) is 180 cm³/mol. The van der Waals surface area contributed by atoms with Gasteiger partial charge in [0, 0.05) is 22.4 Å². The van der Waals surface area contributed by atoms with E-state index in [0.717, 1.165) is 56.0 Å². The Kier molecular flexibility index (Phi) is 8.34. The Morgan fingerprint density at radius 2 is 1.20 bits per heavy atom. The Labute approximate surface area is 285 Å². The predicted octanol–water partition coefficient (Wildman–Crippen LogP) is 9.31. The molecule has 0 amide bonds. The second kappa shape index (κ2) is 11.7. The second-order valence-corrected chi connectivity index (χ2v) is 14.2. The van der Waals surface area contributed by atoms with Crippen LogP contribution < -0.4 is 0 Å². The second-order valence-electron chi connectivity index (χ2n) is 14.2. The zero-order valence-corrected chi connectivity index (χ0v) is 29.0. The van der Waals surface area contributed by atoms with Crippen molar-refractivity contribution in [3.8, 4) is 17.7 Å². The fourth-order valence-corrected chi connectivity index (χ4v) is 5.65. The van der Waals surface area contributed by atoms with Crippen LogP contribution in [0.4, 0.5) is 5.69 Å². The van der Waals surface area contributed by atoms with Crippen molar-refractivity contribution in [3.05, 3.63) is 125 Å². The molecule has 0 spiro atoms. The number of hydrogen-bond donors (Lipinski definition) is 0. The maximum Gasteiger partial charge on any atom is 2.00 e. The molecule has 0 radical (unpaired) electrons. The molecule has 0 bridgehead atoms. The molecule has 7 heteroatoms. The topological polar surface area (TPSA) is 63.8 Å². The summed E-state index contributed by atoms with van der Waals surface area (Å²) in [5, 5.41) is 11.4. The largest absolute Gasteiger partial charge is 2.00 e. The smallest absolute Gasteiger partial charge is 0.430 e. The molecular formula is C39H36N6Pd. The van der Waals surface area contributed by atoms with Gasteiger partial charge in [0.2, 0.25) is 0 Å². The monoisotopic (exact) mass is 694 g/mol. The van der Waals surface area contributed by atoms with Gasteiger partial charge in [-0.25, -0.2) is 4.85 Å². The summed E-state index contributed by atoms with van der Waals surface area (Å²) in [6.45, 7) is 25.2. The normalized spacial score (nSPS) is 12.1. The van der Waals surface area contributed by atoms with Crippen LogP contribution in [-0.2, 0) is 36.7 Å². The average Bonchev–Trinajstić information content (AvgIpc) is 3.64. The number of fused-ring (bicyclic) bond motifs is 2. The van der Waals surface area contributed by atoms with Crippen molar-refractivity contribution in [1.82, 2.24) is 19.1 Å². The van der Waals surface area contributed by atoms with Crippen molar-refractivity contribution in [2.24, 2.45) is 0 Å². The number of benzene rings is 2. The fourth-order valence-electron chi connectivity index (χ4n) is 5.65. The van der Waals surface area contributed by atoms with Crippen LogP contribution in [0.5, 0.6) is 0 Å². The number of nitriles is 1. The Balaban J connectivity index is 0.00000417. The van der Waals surface area contributed by atoms with E-state index in [-0.39, 0.29) is 31.3 Å². The number of nitrogens with zero attached hydrogens (tertiary/aromatic N) is 6. The molecule has 0 unspecified atom stereocenters. The van der Waals surface area contributed by atoms with Gasteiger partial charge in [-0.1, -0.05) is 119 Å². The summed E-state index contributed by atoms with van der Waals surface area (Å²) >= 11 is 0. The van der Waals surface area contributed by atoms with Crippen molar-refractivity contribution in [3.63, 3.8) is 0 Å². The van der Waals surface area contributed by atoms with Crippen molar-refractivity contribution in [2.75, 3.05) is 0 Å². The first-order chi connectivity index (χ1) is 21.2. The maximum atomic E-state index is 9.69. The summed E-state index contributed by atoms with van der Waals surface area (Å²) in [4.78, 5) is 14.2. The summed E-state index contributed by atoms with van der Waals surface area (Å²) in [6.07, 6.45) is 6.69. The third-order valence-electron chi connectivity index (χ3n) is 8.64. The third-order valence-corrected chi connectivity index (χ3v) is 8.64. The van der Waals surface area contributed by atoms with Crippen LogP contribution in [0.25, 0.3) is 38.3 Å². The molecule has 0 aliphatic rings. The van der Waals surface area contributed by atoms with Crippen molar-refractivity contribution in [1.29, 1.82) is 5.26 Å². The van der Waals surface area contributed by atoms with Crippen LogP contribution >= 0.6 is 0 Å². The van der Waals surface area contributed by atoms with E-state index in [0.29, 0.717) is 11.3 Å². The van der Waals surface area contributed by atoms with Crippen molar-refractivity contribution < 1.29 is 20.4 Å². The van der Waals surface area contributed by atoms with Gasteiger partial charge >= 0.3 is 20.4 Å². The van der Waals surface area contributed by atoms with Gasteiger partial charge in [-0.3, -0.25) is 9.97 Å². The quantitative estimate of drug-likeness (QED) is 0.137. The molecule has 6 aromatic rings. The van der Waals surface area contributed by atoms with Crippen LogP contribution in [0.3, 0.4) is 0 Å². The van der Waals surface area contributed by atoms with Gasteiger partial charge < -0.3 is 9.13 Å². The summed E-state index contributed by atoms with van der Waals surface area (Å²) in [5.41, 5.74) is 6.19. The minimum Gasteiger partial charge on any atom is -0.430 e. The number of hydrogen-bond acceptors (Lipinski definition) is 3. The van der Waals surface area contributed by atoms with Crippen molar-refractivity contribution >= 4 is 27.5 Å². The Morgan fingerprint density at radius 3 is 1.67 bits per heavy atom. The van der Waals surface area contributed by atoms with Crippen LogP contribution in [0.2, 0.25) is 0 Å². The van der Waals surface area contributed by atoms with E-state index in [1.807, 2.05) is 57.7 Å². The van der Waals surface area contributed by atoms with Crippen LogP contribution in [0.1, 0.15) is 83.5 Å². The van der Waals surface area contributed by atoms with Gasteiger partial charge in [0.15, 0.2) is 0 Å². The number of aromatic nitrogens is 4. The van der Waals surface area contributed by atoms with E-state index in [9.17, 15) is 5.26 Å². The van der Waals surface area contributed by atoms with Crippen molar-refractivity contribution in [2.45, 2.75) is 71.6 Å². The molecule has 4 aromatic heterocycles. The third kappa shape index (κ3) is 5.67. The van der Waals surface area contributed by atoms with E-state index >= 15 is 0 Å².